The van der Waals surface area contributed by atoms with Crippen LogP contribution in [-0.4, -0.2) is 23.1 Å². The topological polar surface area (TPSA) is 131 Å². The van der Waals surface area contributed by atoms with Crippen LogP contribution in [-0.2, 0) is 0 Å². The van der Waals surface area contributed by atoms with Gasteiger partial charge in [0.05, 0.1) is 23.1 Å². The molecule has 19 heavy (non-hydrogen) atoms. The molecule has 2 rings (SSSR count). The van der Waals surface area contributed by atoms with Crippen molar-refractivity contribution in [3.63, 3.8) is 0 Å². The smallest absolute Gasteiger partial charge is 0.321 e. The Balaban J connectivity index is 2.67. The highest BCUT2D eigenvalue weighted by molar-refractivity contribution is 5.78. The number of fused-ring (bicyclic) bond motifs is 1. The molecule has 0 amide bonds. The van der Waals surface area contributed by atoms with E-state index in [1.807, 2.05) is 0 Å². The van der Waals surface area contributed by atoms with Gasteiger partial charge in [0.15, 0.2) is 11.4 Å². The molecule has 0 saturated heterocycles. The first-order valence-corrected chi connectivity index (χ1v) is 5.53. The van der Waals surface area contributed by atoms with E-state index in [2.05, 4.69) is 0 Å². The molecular weight excluding hydrogens is 258 g/mol. The molecule has 1 aliphatic rings. The lowest BCUT2D eigenvalue weighted by molar-refractivity contribution is -0.394. The predicted octanol–water partition coefficient (Wildman–Crippen LogP) is 1.64. The SMILES string of the molecule is Nc1c([N+](=O)[O-])cc([N+](=O)[O-])c2c1OCCCCO2. The number of ether oxygens (including phenoxy) is 2. The zero-order valence-corrected chi connectivity index (χ0v) is 9.83. The largest absolute Gasteiger partial charge is 0.487 e. The summed E-state index contributed by atoms with van der Waals surface area (Å²) in [4.78, 5) is 20.3. The normalized spacial score (nSPS) is 14.3. The Kier molecular flexibility index (Phi) is 3.36. The summed E-state index contributed by atoms with van der Waals surface area (Å²) in [6.07, 6.45) is 1.35. The maximum atomic E-state index is 11.0. The third kappa shape index (κ3) is 2.34. The van der Waals surface area contributed by atoms with Crippen molar-refractivity contribution in [1.29, 1.82) is 0 Å². The molecular formula is C10H11N3O6. The van der Waals surface area contributed by atoms with E-state index in [1.54, 1.807) is 0 Å². The molecule has 102 valence electrons. The van der Waals surface area contributed by atoms with E-state index in [4.69, 9.17) is 15.2 Å². The molecule has 1 aliphatic heterocycles. The van der Waals surface area contributed by atoms with Crippen LogP contribution >= 0.6 is 0 Å². The summed E-state index contributed by atoms with van der Waals surface area (Å²) in [6.45, 7) is 0.549. The van der Waals surface area contributed by atoms with E-state index >= 15 is 0 Å². The summed E-state index contributed by atoms with van der Waals surface area (Å²) in [5, 5.41) is 21.8. The minimum absolute atomic E-state index is 0.124. The van der Waals surface area contributed by atoms with Crippen LogP contribution in [0.5, 0.6) is 11.5 Å². The summed E-state index contributed by atoms with van der Waals surface area (Å²) in [6, 6.07) is 0.791. The first kappa shape index (κ1) is 12.9. The summed E-state index contributed by atoms with van der Waals surface area (Å²) in [7, 11) is 0. The van der Waals surface area contributed by atoms with Gasteiger partial charge in [-0.1, -0.05) is 0 Å². The molecule has 0 bridgehead atoms. The molecule has 1 aromatic rings. The second-order valence-corrected chi connectivity index (χ2v) is 3.90. The second-order valence-electron chi connectivity index (χ2n) is 3.90. The average molecular weight is 269 g/mol. The Morgan fingerprint density at radius 1 is 1.00 bits per heavy atom. The van der Waals surface area contributed by atoms with Gasteiger partial charge >= 0.3 is 11.4 Å². The Morgan fingerprint density at radius 2 is 1.53 bits per heavy atom. The van der Waals surface area contributed by atoms with Gasteiger partial charge in [0.2, 0.25) is 5.75 Å². The predicted molar refractivity (Wildman–Crippen MR) is 64.4 cm³/mol. The van der Waals surface area contributed by atoms with Gasteiger partial charge in [-0.2, -0.15) is 0 Å². The van der Waals surface area contributed by atoms with Crippen molar-refractivity contribution >= 4 is 17.1 Å². The molecule has 0 unspecified atom stereocenters. The van der Waals surface area contributed by atoms with Gasteiger partial charge in [-0.15, -0.1) is 0 Å². The minimum Gasteiger partial charge on any atom is -0.487 e. The van der Waals surface area contributed by atoms with Crippen molar-refractivity contribution in [2.75, 3.05) is 18.9 Å². The van der Waals surface area contributed by atoms with Crippen molar-refractivity contribution in [3.05, 3.63) is 26.3 Å². The summed E-state index contributed by atoms with van der Waals surface area (Å²) < 4.78 is 10.5. The van der Waals surface area contributed by atoms with Gasteiger partial charge < -0.3 is 15.2 Å². The van der Waals surface area contributed by atoms with Crippen LogP contribution in [0.4, 0.5) is 17.1 Å². The molecule has 0 atom stereocenters. The lowest BCUT2D eigenvalue weighted by Gasteiger charge is -2.17. The van der Waals surface area contributed by atoms with E-state index in [0.29, 0.717) is 12.8 Å². The van der Waals surface area contributed by atoms with Crippen LogP contribution in [0.2, 0.25) is 0 Å². The quantitative estimate of drug-likeness (QED) is 0.490. The number of nitrogens with two attached hydrogens (primary N) is 1. The summed E-state index contributed by atoms with van der Waals surface area (Å²) >= 11 is 0. The summed E-state index contributed by atoms with van der Waals surface area (Å²) in [5.74, 6) is -0.270. The first-order valence-electron chi connectivity index (χ1n) is 5.53. The van der Waals surface area contributed by atoms with E-state index in [9.17, 15) is 20.2 Å². The minimum atomic E-state index is -0.787. The molecule has 0 radical (unpaired) electrons. The van der Waals surface area contributed by atoms with E-state index in [1.165, 1.54) is 0 Å². The fourth-order valence-corrected chi connectivity index (χ4v) is 1.75. The van der Waals surface area contributed by atoms with Crippen LogP contribution in [0.15, 0.2) is 6.07 Å². The van der Waals surface area contributed by atoms with Crippen molar-refractivity contribution in [3.8, 4) is 11.5 Å². The van der Waals surface area contributed by atoms with Gasteiger partial charge in [-0.05, 0) is 12.8 Å². The lowest BCUT2D eigenvalue weighted by atomic mass is 10.2. The molecule has 0 fully saturated rings. The molecule has 1 heterocycles. The first-order chi connectivity index (χ1) is 9.02. The van der Waals surface area contributed by atoms with Gasteiger partial charge in [-0.25, -0.2) is 0 Å². The number of nitro groups is 2. The lowest BCUT2D eigenvalue weighted by Crippen LogP contribution is -2.12. The van der Waals surface area contributed by atoms with Crippen molar-refractivity contribution in [1.82, 2.24) is 0 Å². The van der Waals surface area contributed by atoms with Gasteiger partial charge in [0, 0.05) is 0 Å². The molecule has 1 aromatic carbocycles. The Morgan fingerprint density at radius 3 is 2.05 bits per heavy atom. The Labute approximate surface area is 107 Å². The van der Waals surface area contributed by atoms with Crippen LogP contribution < -0.4 is 15.2 Å². The van der Waals surface area contributed by atoms with Crippen molar-refractivity contribution in [2.45, 2.75) is 12.8 Å². The summed E-state index contributed by atoms with van der Waals surface area (Å²) in [5.41, 5.74) is 4.29. The molecule has 2 N–H and O–H groups in total. The van der Waals surface area contributed by atoms with Crippen molar-refractivity contribution in [2.24, 2.45) is 0 Å². The zero-order valence-electron chi connectivity index (χ0n) is 9.83. The highest BCUT2D eigenvalue weighted by atomic mass is 16.6. The van der Waals surface area contributed by atoms with Crippen LogP contribution in [0.3, 0.4) is 0 Å². The third-order valence-electron chi connectivity index (χ3n) is 2.66. The highest BCUT2D eigenvalue weighted by Gasteiger charge is 2.31. The molecule has 9 heteroatoms. The number of nitrogen functional groups attached to an aromatic ring is 1. The van der Waals surface area contributed by atoms with Crippen LogP contribution in [0, 0.1) is 20.2 Å². The Bertz CT molecular complexity index is 545. The van der Waals surface area contributed by atoms with Crippen molar-refractivity contribution < 1.29 is 19.3 Å². The molecule has 9 nitrogen and oxygen atoms in total. The number of anilines is 1. The third-order valence-corrected chi connectivity index (χ3v) is 2.66. The van der Waals surface area contributed by atoms with E-state index in [0.717, 1.165) is 6.07 Å². The van der Waals surface area contributed by atoms with E-state index < -0.39 is 21.2 Å². The number of hydrogen-bond acceptors (Lipinski definition) is 7. The van der Waals surface area contributed by atoms with Gasteiger partial charge in [-0.3, -0.25) is 20.2 Å². The van der Waals surface area contributed by atoms with E-state index in [-0.39, 0.29) is 30.4 Å². The number of rotatable bonds is 2. The average Bonchev–Trinajstić information content (AvgIpc) is 2.29. The van der Waals surface area contributed by atoms with Gasteiger partial charge in [0.1, 0.15) is 6.07 Å². The highest BCUT2D eigenvalue weighted by Crippen LogP contribution is 2.47. The van der Waals surface area contributed by atoms with Crippen LogP contribution in [0.25, 0.3) is 0 Å². The fourth-order valence-electron chi connectivity index (χ4n) is 1.75. The monoisotopic (exact) mass is 269 g/mol. The Hall–Kier alpha value is -2.58. The number of nitrogens with zero attached hydrogens (tertiary/aromatic N) is 2. The zero-order chi connectivity index (χ0) is 14.0. The standard InChI is InChI=1S/C10H11N3O6/c11-8-6(12(14)15)5-7(13(16)17)9-10(8)19-4-2-1-3-18-9/h5H,1-4,11H2. The molecule has 0 aromatic heterocycles. The molecule has 0 aliphatic carbocycles. The second kappa shape index (κ2) is 4.96. The van der Waals surface area contributed by atoms with Gasteiger partial charge in [0.25, 0.3) is 0 Å². The number of hydrogen-bond donors (Lipinski definition) is 1. The maximum absolute atomic E-state index is 11.0. The fraction of sp³-hybridized carbons (Fsp3) is 0.400. The van der Waals surface area contributed by atoms with Crippen LogP contribution in [0.1, 0.15) is 12.8 Å². The number of benzene rings is 1. The molecule has 0 saturated carbocycles. The number of nitro benzene ring substituents is 2. The molecule has 0 spiro atoms. The maximum Gasteiger partial charge on any atom is 0.321 e.